The lowest BCUT2D eigenvalue weighted by atomic mass is 15.0. The van der Waals surface area contributed by atoms with Crippen molar-refractivity contribution in [2.45, 2.75) is 0 Å². The zero-order valence-corrected chi connectivity index (χ0v) is 4.18. The molecular formula is H12O9. The Hall–Kier alpha value is -0.360. The Labute approximate surface area is 49.4 Å². The van der Waals surface area contributed by atoms with E-state index in [0.717, 1.165) is 0 Å². The van der Waals surface area contributed by atoms with E-state index in [-0.39, 0.29) is 16.4 Å². The van der Waals surface area contributed by atoms with Crippen LogP contribution in [0.3, 0.4) is 0 Å². The Balaban J connectivity index is -0.00000000321. The fraction of sp³-hybridized carbons (Fsp3) is 0. The monoisotopic (exact) mass is 156 g/mol. The predicted molar refractivity (Wildman–Crippen MR) is 26.6 cm³/mol. The quantitative estimate of drug-likeness (QED) is 0.165. The molecule has 0 aromatic carbocycles. The standard InChI is InChI=1S/3H2O2.3H2O/c3*1-2;;;/h3*1-2H;3*1H2. The summed E-state index contributed by atoms with van der Waals surface area (Å²) in [5.74, 6) is 0. The van der Waals surface area contributed by atoms with E-state index in [9.17, 15) is 0 Å². The van der Waals surface area contributed by atoms with Crippen LogP contribution < -0.4 is 0 Å². The summed E-state index contributed by atoms with van der Waals surface area (Å²) in [7, 11) is 0. The van der Waals surface area contributed by atoms with E-state index in [4.69, 9.17) is 31.5 Å². The van der Waals surface area contributed by atoms with E-state index in [0.29, 0.717) is 0 Å². The van der Waals surface area contributed by atoms with Crippen LogP contribution in [-0.4, -0.2) is 48.0 Å². The molecule has 9 nitrogen and oxygen atoms in total. The normalized spacial score (nSPS) is 2.00. The Bertz CT molecular complexity index is 0. The first-order valence-corrected chi connectivity index (χ1v) is 0.600. The van der Waals surface area contributed by atoms with E-state index in [2.05, 4.69) is 0 Å². The summed E-state index contributed by atoms with van der Waals surface area (Å²) in [6.45, 7) is 0. The van der Waals surface area contributed by atoms with Crippen molar-refractivity contribution in [2.75, 3.05) is 0 Å². The Kier molecular flexibility index (Phi) is 20900. The van der Waals surface area contributed by atoms with Gasteiger partial charge >= 0.3 is 0 Å². The van der Waals surface area contributed by atoms with Crippen molar-refractivity contribution in [3.63, 3.8) is 0 Å². The van der Waals surface area contributed by atoms with Gasteiger partial charge in [0, 0.05) is 0 Å². The van der Waals surface area contributed by atoms with Crippen molar-refractivity contribution in [3.05, 3.63) is 0 Å². The van der Waals surface area contributed by atoms with Crippen molar-refractivity contribution in [2.24, 2.45) is 0 Å². The van der Waals surface area contributed by atoms with E-state index in [1.54, 1.807) is 0 Å². The molecule has 0 bridgehead atoms. The molecule has 0 rings (SSSR count). The van der Waals surface area contributed by atoms with Crippen LogP contribution in [0, 0.1) is 0 Å². The van der Waals surface area contributed by atoms with Gasteiger partial charge in [-0.25, -0.2) is 0 Å². The van der Waals surface area contributed by atoms with Crippen LogP contribution in [0.4, 0.5) is 0 Å². The summed E-state index contributed by atoms with van der Waals surface area (Å²) in [6.07, 6.45) is 0. The van der Waals surface area contributed by atoms with Crippen LogP contribution in [0.1, 0.15) is 0 Å². The smallest absolute Gasteiger partial charge is 0.255 e. The summed E-state index contributed by atoms with van der Waals surface area (Å²) >= 11 is 0. The fourth-order valence-electron chi connectivity index (χ4n) is 0. The fourth-order valence-corrected chi connectivity index (χ4v) is 0. The average molecular weight is 156 g/mol. The second-order valence-corrected chi connectivity index (χ2v) is 0. The van der Waals surface area contributed by atoms with Gasteiger partial charge in [-0.05, 0) is 0 Å². The van der Waals surface area contributed by atoms with Gasteiger partial charge in [-0.15, -0.1) is 0 Å². The van der Waals surface area contributed by atoms with Gasteiger partial charge < -0.3 is 16.4 Å². The molecule has 0 spiro atoms. The van der Waals surface area contributed by atoms with Gasteiger partial charge in [-0.1, -0.05) is 0 Å². The summed E-state index contributed by atoms with van der Waals surface area (Å²) < 4.78 is 0. The van der Waals surface area contributed by atoms with Gasteiger partial charge in [0.2, 0.25) is 0 Å². The first-order chi connectivity index (χ1) is 3.00. The van der Waals surface area contributed by atoms with Crippen molar-refractivity contribution in [1.82, 2.24) is 0 Å². The zero-order valence-electron chi connectivity index (χ0n) is 4.18. The molecule has 0 saturated heterocycles. The van der Waals surface area contributed by atoms with Crippen molar-refractivity contribution in [3.8, 4) is 0 Å². The third-order valence-electron chi connectivity index (χ3n) is 0. The largest absolute Gasteiger partial charge is 0.412 e. The van der Waals surface area contributed by atoms with Gasteiger partial charge in [0.25, 0.3) is 0 Å². The SMILES string of the molecule is O.O.O.OO.OO.OO. The molecule has 0 aliphatic carbocycles. The van der Waals surface area contributed by atoms with Crippen LogP contribution in [0.5, 0.6) is 0 Å². The lowest BCUT2D eigenvalue weighted by Gasteiger charge is -1.25. The maximum atomic E-state index is 6.00. The highest BCUT2D eigenvalue weighted by Gasteiger charge is 0.749. The van der Waals surface area contributed by atoms with Gasteiger partial charge in [0.15, 0.2) is 0 Å². The molecule has 0 radical (unpaired) electrons. The van der Waals surface area contributed by atoms with Gasteiger partial charge in [-0.2, -0.15) is 0 Å². The van der Waals surface area contributed by atoms with E-state index < -0.39 is 0 Å². The van der Waals surface area contributed by atoms with Gasteiger partial charge in [-0.3, -0.25) is 31.5 Å². The molecule has 9 heavy (non-hydrogen) atoms. The lowest BCUT2D eigenvalue weighted by Crippen LogP contribution is -1.29. The topological polar surface area (TPSA) is 216 Å². The van der Waals surface area contributed by atoms with Crippen molar-refractivity contribution < 1.29 is 48.0 Å². The summed E-state index contributed by atoms with van der Waals surface area (Å²) in [5, 5.41) is 36.0. The summed E-state index contributed by atoms with van der Waals surface area (Å²) in [5.41, 5.74) is 0. The molecular weight excluding hydrogens is 144 g/mol. The van der Waals surface area contributed by atoms with Crippen LogP contribution in [0.15, 0.2) is 0 Å². The Morgan fingerprint density at radius 3 is 0.333 bits per heavy atom. The molecule has 0 atom stereocenters. The van der Waals surface area contributed by atoms with E-state index >= 15 is 0 Å². The minimum Gasteiger partial charge on any atom is -0.412 e. The summed E-state index contributed by atoms with van der Waals surface area (Å²) in [6, 6.07) is 0. The molecule has 9 heteroatoms. The zero-order chi connectivity index (χ0) is 6.00. The first-order valence-electron chi connectivity index (χ1n) is 0.600. The van der Waals surface area contributed by atoms with Crippen LogP contribution in [0.2, 0.25) is 0 Å². The summed E-state index contributed by atoms with van der Waals surface area (Å²) in [4.78, 5) is 0. The molecule has 0 aliphatic heterocycles. The molecule has 0 unspecified atom stereocenters. The molecule has 66 valence electrons. The maximum Gasteiger partial charge on any atom is -0.255 e. The molecule has 0 saturated carbocycles. The minimum atomic E-state index is 0. The molecule has 0 amide bonds. The van der Waals surface area contributed by atoms with Gasteiger partial charge in [0.1, 0.15) is 0 Å². The molecule has 0 heterocycles. The molecule has 0 aromatic rings. The van der Waals surface area contributed by atoms with E-state index in [1.165, 1.54) is 0 Å². The molecule has 0 aromatic heterocycles. The minimum absolute atomic E-state index is 0. The highest BCUT2D eigenvalue weighted by molar-refractivity contribution is 1.83. The number of hydrogen-bond acceptors (Lipinski definition) is 6. The third-order valence-corrected chi connectivity index (χ3v) is 0. The van der Waals surface area contributed by atoms with Crippen molar-refractivity contribution in [1.29, 1.82) is 0 Å². The second kappa shape index (κ2) is 2600. The molecule has 12 N–H and O–H groups in total. The number of hydrogen-bond donors (Lipinski definition) is 6. The third kappa shape index (κ3) is 1880. The highest BCUT2D eigenvalue weighted by atomic mass is 17.0. The number of rotatable bonds is 0. The van der Waals surface area contributed by atoms with Gasteiger partial charge in [0.05, 0.1) is 0 Å². The Morgan fingerprint density at radius 2 is 0.333 bits per heavy atom. The second-order valence-electron chi connectivity index (χ2n) is 0. The predicted octanol–water partition coefficient (Wildman–Crippen LogP) is -2.42. The van der Waals surface area contributed by atoms with Crippen LogP contribution in [0.25, 0.3) is 0 Å². The van der Waals surface area contributed by atoms with Crippen LogP contribution in [-0.2, 0) is 0 Å². The average Bonchev–Trinajstić information content (AvgIpc) is 1.81. The highest BCUT2D eigenvalue weighted by Crippen LogP contribution is 0.715. The maximum absolute atomic E-state index is 6.00. The van der Waals surface area contributed by atoms with Crippen LogP contribution >= 0.6 is 0 Å². The molecule has 0 aliphatic rings. The first kappa shape index (κ1) is 72.4. The van der Waals surface area contributed by atoms with E-state index in [1.807, 2.05) is 0 Å². The van der Waals surface area contributed by atoms with Crippen molar-refractivity contribution >= 4 is 0 Å². The Morgan fingerprint density at radius 1 is 0.333 bits per heavy atom. The lowest BCUT2D eigenvalue weighted by molar-refractivity contribution is -0.176. The molecule has 0 fully saturated rings.